The highest BCUT2D eigenvalue weighted by atomic mass is 19.1. The first-order valence-electron chi connectivity index (χ1n) is 13.8. The zero-order valence-corrected chi connectivity index (χ0v) is 22.6. The quantitative estimate of drug-likeness (QED) is 0.212. The lowest BCUT2D eigenvalue weighted by molar-refractivity contribution is -0.151. The van der Waals surface area contributed by atoms with E-state index in [9.17, 15) is 18.8 Å². The largest absolute Gasteiger partial charge is 0.461 e. The molecule has 1 heterocycles. The molecule has 0 spiro atoms. The molecule has 41 heavy (non-hydrogen) atoms. The SMILES string of the molecule is Nc1c(C(=O)c2ccc(F)cc2)ccc(=O)n1-c1ccc(CN[C@@H](Cc2ccccc2)C(=O)OC2CCCC2)cc1. The molecule has 210 valence electrons. The average Bonchev–Trinajstić information content (AvgIpc) is 3.49. The van der Waals surface area contributed by atoms with Crippen molar-refractivity contribution in [2.75, 3.05) is 5.73 Å². The van der Waals surface area contributed by atoms with E-state index in [1.807, 2.05) is 42.5 Å². The van der Waals surface area contributed by atoms with Gasteiger partial charge in [-0.05, 0) is 85.7 Å². The summed E-state index contributed by atoms with van der Waals surface area (Å²) in [7, 11) is 0. The maximum Gasteiger partial charge on any atom is 0.323 e. The van der Waals surface area contributed by atoms with Crippen LogP contribution in [0.1, 0.15) is 52.7 Å². The Hall–Kier alpha value is -4.56. The standard InChI is InChI=1S/C33H32FN3O4/c34-25-14-12-24(13-15-25)31(39)28-18-19-30(38)37(32(28)35)26-16-10-23(11-17-26)21-36-29(20-22-6-2-1-3-7-22)33(40)41-27-8-4-5-9-27/h1-3,6-7,10-19,27,29,36H,4-5,8-9,20-21,35H2/t29-/m0/s1. The van der Waals surface area contributed by atoms with Gasteiger partial charge in [-0.15, -0.1) is 0 Å². The number of pyridine rings is 1. The van der Waals surface area contributed by atoms with Crippen molar-refractivity contribution in [3.05, 3.63) is 129 Å². The highest BCUT2D eigenvalue weighted by Crippen LogP contribution is 2.22. The molecule has 1 aliphatic carbocycles. The molecular formula is C33H32FN3O4. The van der Waals surface area contributed by atoms with Crippen molar-refractivity contribution in [2.24, 2.45) is 0 Å². The molecule has 1 aromatic heterocycles. The Morgan fingerprint density at radius 3 is 2.27 bits per heavy atom. The Morgan fingerprint density at radius 1 is 0.902 bits per heavy atom. The van der Waals surface area contributed by atoms with Crippen molar-refractivity contribution < 1.29 is 18.7 Å². The maximum absolute atomic E-state index is 13.3. The lowest BCUT2D eigenvalue weighted by Gasteiger charge is -2.21. The predicted molar refractivity (Wildman–Crippen MR) is 155 cm³/mol. The number of carbonyl (C=O) groups excluding carboxylic acids is 2. The molecule has 0 saturated heterocycles. The van der Waals surface area contributed by atoms with Gasteiger partial charge >= 0.3 is 5.97 Å². The van der Waals surface area contributed by atoms with Gasteiger partial charge in [-0.3, -0.25) is 19.0 Å². The molecule has 3 aromatic carbocycles. The summed E-state index contributed by atoms with van der Waals surface area (Å²) in [5.41, 5.74) is 8.74. The van der Waals surface area contributed by atoms with Gasteiger partial charge in [-0.2, -0.15) is 0 Å². The molecule has 1 aliphatic rings. The van der Waals surface area contributed by atoms with Crippen LogP contribution in [0, 0.1) is 5.82 Å². The van der Waals surface area contributed by atoms with Crippen molar-refractivity contribution in [2.45, 2.75) is 50.8 Å². The number of carbonyl (C=O) groups is 2. The number of benzene rings is 3. The molecule has 0 bridgehead atoms. The molecule has 0 aliphatic heterocycles. The molecule has 1 saturated carbocycles. The van der Waals surface area contributed by atoms with Crippen molar-refractivity contribution in [3.8, 4) is 5.69 Å². The average molecular weight is 554 g/mol. The first kappa shape index (κ1) is 28.0. The summed E-state index contributed by atoms with van der Waals surface area (Å²) >= 11 is 0. The van der Waals surface area contributed by atoms with Gasteiger partial charge in [0, 0.05) is 18.2 Å². The molecule has 5 rings (SSSR count). The second kappa shape index (κ2) is 12.7. The fourth-order valence-corrected chi connectivity index (χ4v) is 5.11. The van der Waals surface area contributed by atoms with Crippen molar-refractivity contribution in [3.63, 3.8) is 0 Å². The van der Waals surface area contributed by atoms with Crippen LogP contribution in [-0.2, 0) is 22.5 Å². The van der Waals surface area contributed by atoms with Crippen molar-refractivity contribution in [1.29, 1.82) is 0 Å². The molecule has 0 radical (unpaired) electrons. The van der Waals surface area contributed by atoms with Crippen LogP contribution in [0.3, 0.4) is 0 Å². The van der Waals surface area contributed by atoms with Crippen molar-refractivity contribution >= 4 is 17.6 Å². The number of ether oxygens (including phenoxy) is 1. The van der Waals surface area contributed by atoms with E-state index in [0.29, 0.717) is 18.7 Å². The van der Waals surface area contributed by atoms with Gasteiger partial charge in [0.1, 0.15) is 23.8 Å². The van der Waals surface area contributed by atoms with Crippen LogP contribution >= 0.6 is 0 Å². The van der Waals surface area contributed by atoms with E-state index in [1.165, 1.54) is 41.0 Å². The molecule has 0 amide bonds. The second-order valence-corrected chi connectivity index (χ2v) is 10.3. The van der Waals surface area contributed by atoms with Crippen LogP contribution in [0.5, 0.6) is 0 Å². The molecule has 0 unspecified atom stereocenters. The Morgan fingerprint density at radius 2 is 1.59 bits per heavy atom. The Kier molecular flexibility index (Phi) is 8.70. The Labute approximate surface area is 237 Å². The number of nitrogens with one attached hydrogen (secondary N) is 1. The third-order valence-corrected chi connectivity index (χ3v) is 7.38. The third kappa shape index (κ3) is 6.78. The molecule has 1 fully saturated rings. The van der Waals surface area contributed by atoms with E-state index in [-0.39, 0.29) is 34.6 Å². The Balaban J connectivity index is 1.31. The van der Waals surface area contributed by atoms with Gasteiger partial charge in [0.25, 0.3) is 5.56 Å². The highest BCUT2D eigenvalue weighted by Gasteiger charge is 2.26. The van der Waals surface area contributed by atoms with E-state index in [2.05, 4.69) is 5.32 Å². The fourth-order valence-electron chi connectivity index (χ4n) is 5.11. The number of hydrogen-bond donors (Lipinski definition) is 2. The normalized spacial score (nSPS) is 14.1. The van der Waals surface area contributed by atoms with Gasteiger partial charge in [0.05, 0.1) is 11.3 Å². The summed E-state index contributed by atoms with van der Waals surface area (Å²) in [5.74, 6) is -1.12. The first-order valence-corrected chi connectivity index (χ1v) is 13.8. The molecular weight excluding hydrogens is 521 g/mol. The highest BCUT2D eigenvalue weighted by molar-refractivity contribution is 6.11. The van der Waals surface area contributed by atoms with E-state index in [4.69, 9.17) is 10.5 Å². The summed E-state index contributed by atoms with van der Waals surface area (Å²) < 4.78 is 20.4. The summed E-state index contributed by atoms with van der Waals surface area (Å²) in [6, 6.07) is 24.3. The van der Waals surface area contributed by atoms with E-state index >= 15 is 0 Å². The number of rotatable bonds is 10. The zero-order valence-electron chi connectivity index (χ0n) is 22.6. The topological polar surface area (TPSA) is 103 Å². The number of hydrogen-bond acceptors (Lipinski definition) is 6. The van der Waals surface area contributed by atoms with Gasteiger partial charge < -0.3 is 15.8 Å². The van der Waals surface area contributed by atoms with E-state index in [1.54, 1.807) is 12.1 Å². The number of esters is 1. The fraction of sp³-hybridized carbons (Fsp3) is 0.242. The number of nitrogen functional groups attached to an aromatic ring is 1. The number of nitrogens with two attached hydrogens (primary N) is 1. The van der Waals surface area contributed by atoms with Crippen LogP contribution in [0.4, 0.5) is 10.2 Å². The molecule has 4 aromatic rings. The number of halogens is 1. The summed E-state index contributed by atoms with van der Waals surface area (Å²) in [5, 5.41) is 3.35. The summed E-state index contributed by atoms with van der Waals surface area (Å²) in [6.45, 7) is 0.408. The number of ketones is 1. The van der Waals surface area contributed by atoms with Crippen LogP contribution in [0.15, 0.2) is 95.8 Å². The minimum absolute atomic E-state index is 0.00437. The van der Waals surface area contributed by atoms with E-state index in [0.717, 1.165) is 36.8 Å². The van der Waals surface area contributed by atoms with Gasteiger partial charge in [-0.1, -0.05) is 42.5 Å². The lowest BCUT2D eigenvalue weighted by atomic mass is 10.0. The van der Waals surface area contributed by atoms with E-state index < -0.39 is 17.6 Å². The monoisotopic (exact) mass is 553 g/mol. The summed E-state index contributed by atoms with van der Waals surface area (Å²) in [4.78, 5) is 38.8. The number of aromatic nitrogens is 1. The molecule has 3 N–H and O–H groups in total. The lowest BCUT2D eigenvalue weighted by Crippen LogP contribution is -2.40. The molecule has 7 nitrogen and oxygen atoms in total. The van der Waals surface area contributed by atoms with Crippen LogP contribution in [0.2, 0.25) is 0 Å². The first-order chi connectivity index (χ1) is 19.9. The number of anilines is 1. The van der Waals surface area contributed by atoms with Crippen LogP contribution in [0.25, 0.3) is 5.69 Å². The minimum atomic E-state index is -0.509. The summed E-state index contributed by atoms with van der Waals surface area (Å²) in [6.07, 6.45) is 4.47. The van der Waals surface area contributed by atoms with Crippen LogP contribution < -0.4 is 16.6 Å². The molecule has 8 heteroatoms. The zero-order chi connectivity index (χ0) is 28.8. The van der Waals surface area contributed by atoms with Gasteiger partial charge in [-0.25, -0.2) is 4.39 Å². The predicted octanol–water partition coefficient (Wildman–Crippen LogP) is 4.98. The van der Waals surface area contributed by atoms with Gasteiger partial charge in [0.2, 0.25) is 0 Å². The minimum Gasteiger partial charge on any atom is -0.461 e. The number of nitrogens with zero attached hydrogens (tertiary/aromatic N) is 1. The smallest absolute Gasteiger partial charge is 0.323 e. The van der Waals surface area contributed by atoms with Crippen LogP contribution in [-0.4, -0.2) is 28.5 Å². The third-order valence-electron chi connectivity index (χ3n) is 7.38. The second-order valence-electron chi connectivity index (χ2n) is 10.3. The van der Waals surface area contributed by atoms with Crippen molar-refractivity contribution in [1.82, 2.24) is 9.88 Å². The molecule has 1 atom stereocenters. The maximum atomic E-state index is 13.3. The Bertz CT molecular complexity index is 1560. The van der Waals surface area contributed by atoms with Gasteiger partial charge in [0.15, 0.2) is 5.78 Å².